The predicted molar refractivity (Wildman–Crippen MR) is 94.2 cm³/mol. The van der Waals surface area contributed by atoms with Gasteiger partial charge in [0, 0.05) is 17.1 Å². The Hall–Kier alpha value is -1.27. The van der Waals surface area contributed by atoms with Gasteiger partial charge in [0.25, 0.3) is 0 Å². The maximum absolute atomic E-state index is 12.0. The molecule has 1 heterocycles. The summed E-state index contributed by atoms with van der Waals surface area (Å²) in [6.07, 6.45) is 0. The standard InChI is InChI=1S/C15H17Cl2N3OS/c1-20(2)13(14-4-3-7-22-14)9-18-15(21)19-10-5-6-11(16)12(17)8-10/h3-8,13H,9H2,1-2H3,(H2,18,19,21). The highest BCUT2D eigenvalue weighted by molar-refractivity contribution is 7.10. The van der Waals surface area contributed by atoms with Crippen LogP contribution in [0.5, 0.6) is 0 Å². The molecule has 0 bridgehead atoms. The Labute approximate surface area is 144 Å². The van der Waals surface area contributed by atoms with Crippen LogP contribution in [-0.2, 0) is 0 Å². The number of thiophene rings is 1. The zero-order valence-corrected chi connectivity index (χ0v) is 14.6. The van der Waals surface area contributed by atoms with Gasteiger partial charge in [0.2, 0.25) is 0 Å². The first-order valence-corrected chi connectivity index (χ1v) is 8.30. The third-order valence-corrected chi connectivity index (χ3v) is 4.84. The average Bonchev–Trinajstić information content (AvgIpc) is 2.97. The normalized spacial score (nSPS) is 12.2. The Morgan fingerprint density at radius 2 is 2.05 bits per heavy atom. The van der Waals surface area contributed by atoms with E-state index < -0.39 is 0 Å². The molecule has 2 rings (SSSR count). The second kappa shape index (κ2) is 7.83. The molecule has 1 unspecified atom stereocenters. The van der Waals surface area contributed by atoms with Crippen molar-refractivity contribution in [1.82, 2.24) is 10.2 Å². The number of carbonyl (C=O) groups is 1. The minimum absolute atomic E-state index is 0.138. The van der Waals surface area contributed by atoms with Gasteiger partial charge in [-0.15, -0.1) is 11.3 Å². The number of nitrogens with zero attached hydrogens (tertiary/aromatic N) is 1. The van der Waals surface area contributed by atoms with Gasteiger partial charge in [0.05, 0.1) is 16.1 Å². The smallest absolute Gasteiger partial charge is 0.319 e. The molecule has 1 aromatic carbocycles. The number of hydrogen-bond acceptors (Lipinski definition) is 3. The molecular weight excluding hydrogens is 341 g/mol. The molecule has 22 heavy (non-hydrogen) atoms. The largest absolute Gasteiger partial charge is 0.336 e. The van der Waals surface area contributed by atoms with Gasteiger partial charge in [-0.3, -0.25) is 0 Å². The number of benzene rings is 1. The highest BCUT2D eigenvalue weighted by atomic mass is 35.5. The summed E-state index contributed by atoms with van der Waals surface area (Å²) in [4.78, 5) is 15.3. The van der Waals surface area contributed by atoms with Gasteiger partial charge < -0.3 is 15.5 Å². The number of carbonyl (C=O) groups excluding carboxylic acids is 1. The second-order valence-corrected chi connectivity index (χ2v) is 6.75. The van der Waals surface area contributed by atoms with E-state index in [1.165, 1.54) is 4.88 Å². The molecule has 0 saturated heterocycles. The molecular formula is C15H17Cl2N3OS. The summed E-state index contributed by atoms with van der Waals surface area (Å²) in [5, 5.41) is 8.51. The van der Waals surface area contributed by atoms with Crippen molar-refractivity contribution in [2.75, 3.05) is 26.0 Å². The second-order valence-electron chi connectivity index (χ2n) is 4.96. The Balaban J connectivity index is 1.92. The fourth-order valence-corrected chi connectivity index (χ4v) is 3.18. The summed E-state index contributed by atoms with van der Waals surface area (Å²) in [7, 11) is 3.98. The highest BCUT2D eigenvalue weighted by Crippen LogP contribution is 2.25. The first-order valence-electron chi connectivity index (χ1n) is 6.67. The number of urea groups is 1. The van der Waals surface area contributed by atoms with Gasteiger partial charge in [-0.1, -0.05) is 29.3 Å². The number of nitrogens with one attached hydrogen (secondary N) is 2. The average molecular weight is 358 g/mol. The van der Waals surface area contributed by atoms with E-state index in [4.69, 9.17) is 23.2 Å². The molecule has 0 spiro atoms. The van der Waals surface area contributed by atoms with Gasteiger partial charge in [-0.25, -0.2) is 4.79 Å². The molecule has 0 aliphatic rings. The summed E-state index contributed by atoms with van der Waals surface area (Å²) in [5.41, 5.74) is 0.601. The first kappa shape index (κ1) is 17.1. The summed E-state index contributed by atoms with van der Waals surface area (Å²) in [5.74, 6) is 0. The fraction of sp³-hybridized carbons (Fsp3) is 0.267. The summed E-state index contributed by atoms with van der Waals surface area (Å²) in [6, 6.07) is 8.90. The number of halogens is 2. The van der Waals surface area contributed by atoms with Gasteiger partial charge in [0.1, 0.15) is 0 Å². The Morgan fingerprint density at radius 3 is 2.64 bits per heavy atom. The number of hydrogen-bond donors (Lipinski definition) is 2. The molecule has 0 fully saturated rings. The summed E-state index contributed by atoms with van der Waals surface area (Å²) < 4.78 is 0. The van der Waals surface area contributed by atoms with Crippen LogP contribution in [0.15, 0.2) is 35.7 Å². The molecule has 0 aliphatic heterocycles. The van der Waals surface area contributed by atoms with Crippen LogP contribution in [0.2, 0.25) is 10.0 Å². The van der Waals surface area contributed by atoms with E-state index in [1.54, 1.807) is 29.5 Å². The lowest BCUT2D eigenvalue weighted by molar-refractivity contribution is 0.244. The molecule has 118 valence electrons. The Kier molecular flexibility index (Phi) is 6.08. The van der Waals surface area contributed by atoms with Gasteiger partial charge in [0.15, 0.2) is 0 Å². The number of anilines is 1. The summed E-state index contributed by atoms with van der Waals surface area (Å²) >= 11 is 13.4. The lowest BCUT2D eigenvalue weighted by atomic mass is 10.2. The molecule has 7 heteroatoms. The third-order valence-electron chi connectivity index (χ3n) is 3.13. The van der Waals surface area contributed by atoms with Crippen molar-refractivity contribution < 1.29 is 4.79 Å². The lowest BCUT2D eigenvalue weighted by Gasteiger charge is -2.23. The first-order chi connectivity index (χ1) is 10.5. The van der Waals surface area contributed by atoms with Crippen molar-refractivity contribution in [2.45, 2.75) is 6.04 Å². The van der Waals surface area contributed by atoms with Crippen LogP contribution in [0.25, 0.3) is 0 Å². The van der Waals surface area contributed by atoms with Crippen LogP contribution in [0.1, 0.15) is 10.9 Å². The molecule has 0 saturated carbocycles. The highest BCUT2D eigenvalue weighted by Gasteiger charge is 2.16. The SMILES string of the molecule is CN(C)C(CNC(=O)Nc1ccc(Cl)c(Cl)c1)c1cccs1. The van der Waals surface area contributed by atoms with Crippen LogP contribution in [0.4, 0.5) is 10.5 Å². The minimum atomic E-state index is -0.276. The maximum Gasteiger partial charge on any atom is 0.319 e. The predicted octanol–water partition coefficient (Wildman–Crippen LogP) is 4.48. The van der Waals surface area contributed by atoms with E-state index in [2.05, 4.69) is 21.6 Å². The van der Waals surface area contributed by atoms with Gasteiger partial charge >= 0.3 is 6.03 Å². The zero-order chi connectivity index (χ0) is 16.1. The van der Waals surface area contributed by atoms with Crippen LogP contribution in [0, 0.1) is 0 Å². The molecule has 4 nitrogen and oxygen atoms in total. The van der Waals surface area contributed by atoms with Gasteiger partial charge in [-0.2, -0.15) is 0 Å². The van der Waals surface area contributed by atoms with Crippen molar-refractivity contribution in [3.63, 3.8) is 0 Å². The summed E-state index contributed by atoms with van der Waals surface area (Å²) in [6.45, 7) is 0.515. The molecule has 0 radical (unpaired) electrons. The van der Waals surface area contributed by atoms with Crippen LogP contribution in [-0.4, -0.2) is 31.6 Å². The quantitative estimate of drug-likeness (QED) is 0.828. The van der Waals surface area contributed by atoms with Crippen molar-refractivity contribution in [3.8, 4) is 0 Å². The monoisotopic (exact) mass is 357 g/mol. The van der Waals surface area contributed by atoms with E-state index in [1.807, 2.05) is 25.5 Å². The Morgan fingerprint density at radius 1 is 1.27 bits per heavy atom. The minimum Gasteiger partial charge on any atom is -0.336 e. The van der Waals surface area contributed by atoms with E-state index in [0.29, 0.717) is 22.3 Å². The van der Waals surface area contributed by atoms with Crippen molar-refractivity contribution in [3.05, 3.63) is 50.6 Å². The number of rotatable bonds is 5. The molecule has 2 N–H and O–H groups in total. The fourth-order valence-electron chi connectivity index (χ4n) is 1.96. The van der Waals surface area contributed by atoms with E-state index in [-0.39, 0.29) is 12.1 Å². The molecule has 2 amide bonds. The number of amides is 2. The molecule has 1 aromatic heterocycles. The van der Waals surface area contributed by atoms with Crippen molar-refractivity contribution in [1.29, 1.82) is 0 Å². The molecule has 1 atom stereocenters. The molecule has 2 aromatic rings. The number of likely N-dealkylation sites (N-methyl/N-ethyl adjacent to an activating group) is 1. The van der Waals surface area contributed by atoms with Crippen LogP contribution < -0.4 is 10.6 Å². The van der Waals surface area contributed by atoms with Crippen LogP contribution >= 0.6 is 34.5 Å². The molecule has 0 aliphatic carbocycles. The van der Waals surface area contributed by atoms with Gasteiger partial charge in [-0.05, 0) is 43.7 Å². The van der Waals surface area contributed by atoms with Crippen molar-refractivity contribution >= 4 is 46.3 Å². The van der Waals surface area contributed by atoms with E-state index >= 15 is 0 Å². The third kappa shape index (κ3) is 4.61. The lowest BCUT2D eigenvalue weighted by Crippen LogP contribution is -2.36. The topological polar surface area (TPSA) is 44.4 Å². The van der Waals surface area contributed by atoms with Crippen LogP contribution in [0.3, 0.4) is 0 Å². The Bertz CT molecular complexity index is 632. The van der Waals surface area contributed by atoms with E-state index in [0.717, 1.165) is 0 Å². The maximum atomic E-state index is 12.0. The van der Waals surface area contributed by atoms with Crippen molar-refractivity contribution in [2.24, 2.45) is 0 Å². The zero-order valence-electron chi connectivity index (χ0n) is 12.3. The van der Waals surface area contributed by atoms with E-state index in [9.17, 15) is 4.79 Å².